The van der Waals surface area contributed by atoms with Crippen molar-refractivity contribution < 1.29 is 4.52 Å². The largest absolute Gasteiger partial charge is 0.337 e. The van der Waals surface area contributed by atoms with Gasteiger partial charge in [0.2, 0.25) is 11.7 Å². The van der Waals surface area contributed by atoms with Crippen LogP contribution in [0.5, 0.6) is 0 Å². The van der Waals surface area contributed by atoms with Gasteiger partial charge in [-0.2, -0.15) is 4.98 Å². The van der Waals surface area contributed by atoms with Crippen LogP contribution in [-0.2, 0) is 0 Å². The van der Waals surface area contributed by atoms with Crippen molar-refractivity contribution in [3.8, 4) is 11.5 Å². The Morgan fingerprint density at radius 3 is 3.00 bits per heavy atom. The minimum Gasteiger partial charge on any atom is -0.337 e. The second kappa shape index (κ2) is 4.66. The zero-order chi connectivity index (χ0) is 12.5. The first-order valence-corrected chi connectivity index (χ1v) is 6.31. The minimum absolute atomic E-state index is 0.151. The van der Waals surface area contributed by atoms with E-state index in [0.717, 1.165) is 13.0 Å². The molecule has 0 radical (unpaired) electrons. The highest BCUT2D eigenvalue weighted by molar-refractivity contribution is 6.30. The van der Waals surface area contributed by atoms with Gasteiger partial charge in [0.15, 0.2) is 0 Å². The Labute approximate surface area is 110 Å². The Morgan fingerprint density at radius 2 is 2.33 bits per heavy atom. The van der Waals surface area contributed by atoms with E-state index in [1.165, 1.54) is 0 Å². The van der Waals surface area contributed by atoms with Crippen LogP contribution < -0.4 is 5.32 Å². The summed E-state index contributed by atoms with van der Waals surface area (Å²) >= 11 is 5.79. The molecule has 0 aliphatic carbocycles. The molecule has 0 bridgehead atoms. The molecule has 2 aromatic rings. The SMILES string of the molecule is CC1CCNC1c1nc(-c2ccc(Cl)cn2)no1. The lowest BCUT2D eigenvalue weighted by Gasteiger charge is -2.09. The summed E-state index contributed by atoms with van der Waals surface area (Å²) in [5.74, 6) is 1.64. The Bertz CT molecular complexity index is 539. The summed E-state index contributed by atoms with van der Waals surface area (Å²) in [6.45, 7) is 3.16. The molecule has 1 N–H and O–H groups in total. The number of nitrogens with zero attached hydrogens (tertiary/aromatic N) is 3. The summed E-state index contributed by atoms with van der Waals surface area (Å²) in [4.78, 5) is 8.57. The number of pyridine rings is 1. The normalized spacial score (nSPS) is 23.4. The lowest BCUT2D eigenvalue weighted by Crippen LogP contribution is -2.16. The maximum Gasteiger partial charge on any atom is 0.244 e. The summed E-state index contributed by atoms with van der Waals surface area (Å²) in [7, 11) is 0. The highest BCUT2D eigenvalue weighted by Gasteiger charge is 2.29. The molecule has 0 aromatic carbocycles. The molecule has 0 saturated carbocycles. The minimum atomic E-state index is 0.151. The van der Waals surface area contributed by atoms with Crippen molar-refractivity contribution in [2.45, 2.75) is 19.4 Å². The van der Waals surface area contributed by atoms with Gasteiger partial charge in [0.05, 0.1) is 11.1 Å². The fraction of sp³-hybridized carbons (Fsp3) is 0.417. The Hall–Kier alpha value is -1.46. The third kappa shape index (κ3) is 2.11. The van der Waals surface area contributed by atoms with Crippen LogP contribution in [0.15, 0.2) is 22.9 Å². The van der Waals surface area contributed by atoms with Crippen LogP contribution in [-0.4, -0.2) is 21.7 Å². The van der Waals surface area contributed by atoms with Crippen LogP contribution in [0.25, 0.3) is 11.5 Å². The number of aromatic nitrogens is 3. The molecular weight excluding hydrogens is 252 g/mol. The van der Waals surface area contributed by atoms with Crippen molar-refractivity contribution in [2.24, 2.45) is 5.92 Å². The predicted molar refractivity (Wildman–Crippen MR) is 67.1 cm³/mol. The van der Waals surface area contributed by atoms with E-state index < -0.39 is 0 Å². The van der Waals surface area contributed by atoms with E-state index in [9.17, 15) is 0 Å². The fourth-order valence-corrected chi connectivity index (χ4v) is 2.25. The van der Waals surface area contributed by atoms with Gasteiger partial charge in [-0.3, -0.25) is 4.98 Å². The number of hydrogen-bond acceptors (Lipinski definition) is 5. The first-order chi connectivity index (χ1) is 8.74. The molecule has 0 spiro atoms. The lowest BCUT2D eigenvalue weighted by atomic mass is 10.0. The Balaban J connectivity index is 1.87. The smallest absolute Gasteiger partial charge is 0.244 e. The number of hydrogen-bond donors (Lipinski definition) is 1. The summed E-state index contributed by atoms with van der Waals surface area (Å²) < 4.78 is 5.31. The van der Waals surface area contributed by atoms with Crippen molar-refractivity contribution in [1.29, 1.82) is 0 Å². The van der Waals surface area contributed by atoms with Gasteiger partial charge in [0.1, 0.15) is 5.69 Å². The molecule has 2 atom stereocenters. The van der Waals surface area contributed by atoms with Crippen molar-refractivity contribution in [2.75, 3.05) is 6.54 Å². The van der Waals surface area contributed by atoms with Crippen molar-refractivity contribution in [3.05, 3.63) is 29.2 Å². The fourth-order valence-electron chi connectivity index (χ4n) is 2.14. The van der Waals surface area contributed by atoms with Gasteiger partial charge < -0.3 is 9.84 Å². The Morgan fingerprint density at radius 1 is 1.44 bits per heavy atom. The molecule has 1 aliphatic heterocycles. The summed E-state index contributed by atoms with van der Waals surface area (Å²) in [6.07, 6.45) is 2.70. The van der Waals surface area contributed by atoms with Crippen molar-refractivity contribution in [1.82, 2.24) is 20.4 Å². The van der Waals surface area contributed by atoms with Gasteiger partial charge >= 0.3 is 0 Å². The topological polar surface area (TPSA) is 63.8 Å². The quantitative estimate of drug-likeness (QED) is 0.903. The van der Waals surface area contributed by atoms with Crippen molar-refractivity contribution >= 4 is 11.6 Å². The highest BCUT2D eigenvalue weighted by atomic mass is 35.5. The van der Waals surface area contributed by atoms with Gasteiger partial charge in [-0.05, 0) is 31.0 Å². The molecule has 2 aromatic heterocycles. The third-order valence-corrected chi connectivity index (χ3v) is 3.42. The molecule has 0 amide bonds. The first-order valence-electron chi connectivity index (χ1n) is 5.93. The number of halogens is 1. The van der Waals surface area contributed by atoms with E-state index in [1.54, 1.807) is 18.3 Å². The van der Waals surface area contributed by atoms with E-state index in [4.69, 9.17) is 16.1 Å². The van der Waals surface area contributed by atoms with E-state index in [1.807, 2.05) is 0 Å². The summed E-state index contributed by atoms with van der Waals surface area (Å²) in [5.41, 5.74) is 0.667. The molecule has 5 nitrogen and oxygen atoms in total. The van der Waals surface area contributed by atoms with Gasteiger partial charge in [-0.1, -0.05) is 23.7 Å². The van der Waals surface area contributed by atoms with E-state index in [2.05, 4.69) is 27.4 Å². The van der Waals surface area contributed by atoms with Gasteiger partial charge in [0.25, 0.3) is 0 Å². The van der Waals surface area contributed by atoms with Crippen LogP contribution in [0.3, 0.4) is 0 Å². The van der Waals surface area contributed by atoms with Crippen LogP contribution in [0, 0.1) is 5.92 Å². The zero-order valence-corrected chi connectivity index (χ0v) is 10.7. The average molecular weight is 265 g/mol. The van der Waals surface area contributed by atoms with Crippen LogP contribution >= 0.6 is 11.6 Å². The number of rotatable bonds is 2. The second-order valence-electron chi connectivity index (χ2n) is 4.52. The van der Waals surface area contributed by atoms with Gasteiger partial charge in [0, 0.05) is 6.20 Å². The summed E-state index contributed by atoms with van der Waals surface area (Å²) in [6, 6.07) is 3.69. The molecule has 3 rings (SSSR count). The third-order valence-electron chi connectivity index (χ3n) is 3.20. The molecule has 3 heterocycles. The predicted octanol–water partition coefficient (Wildman–Crippen LogP) is 2.46. The molecule has 1 saturated heterocycles. The second-order valence-corrected chi connectivity index (χ2v) is 4.95. The van der Waals surface area contributed by atoms with Crippen molar-refractivity contribution in [3.63, 3.8) is 0 Å². The molecule has 2 unspecified atom stereocenters. The molecule has 1 fully saturated rings. The first kappa shape index (κ1) is 11.6. The molecule has 94 valence electrons. The maximum absolute atomic E-state index is 5.79. The molecule has 18 heavy (non-hydrogen) atoms. The molecular formula is C12H13ClN4O. The average Bonchev–Trinajstić information content (AvgIpc) is 2.98. The van der Waals surface area contributed by atoms with Gasteiger partial charge in [-0.15, -0.1) is 0 Å². The van der Waals surface area contributed by atoms with Gasteiger partial charge in [-0.25, -0.2) is 0 Å². The number of nitrogens with one attached hydrogen (secondary N) is 1. The van der Waals surface area contributed by atoms with E-state index in [-0.39, 0.29) is 6.04 Å². The summed E-state index contributed by atoms with van der Waals surface area (Å²) in [5, 5.41) is 7.91. The Kier molecular flexibility index (Phi) is 3.01. The zero-order valence-electron chi connectivity index (χ0n) is 9.93. The monoisotopic (exact) mass is 264 g/mol. The standard InChI is InChI=1S/C12H13ClN4O/c1-7-4-5-14-10(7)12-16-11(17-18-12)9-3-2-8(13)6-15-9/h2-3,6-7,10,14H,4-5H2,1H3. The molecule has 1 aliphatic rings. The van der Waals surface area contributed by atoms with Crippen LogP contribution in [0.4, 0.5) is 0 Å². The maximum atomic E-state index is 5.79. The van der Waals surface area contributed by atoms with E-state index >= 15 is 0 Å². The van der Waals surface area contributed by atoms with Crippen LogP contribution in [0.2, 0.25) is 5.02 Å². The highest BCUT2D eigenvalue weighted by Crippen LogP contribution is 2.28. The van der Waals surface area contributed by atoms with E-state index in [0.29, 0.717) is 28.3 Å². The lowest BCUT2D eigenvalue weighted by molar-refractivity contribution is 0.319. The van der Waals surface area contributed by atoms with Crippen LogP contribution in [0.1, 0.15) is 25.3 Å². The molecule has 6 heteroatoms.